The van der Waals surface area contributed by atoms with Crippen molar-refractivity contribution in [1.29, 1.82) is 0 Å². The maximum absolute atomic E-state index is 6.15. The number of hydrogen-bond acceptors (Lipinski definition) is 4. The molecule has 1 aliphatic heterocycles. The van der Waals surface area contributed by atoms with E-state index in [0.29, 0.717) is 5.41 Å². The van der Waals surface area contributed by atoms with E-state index in [1.807, 2.05) is 24.2 Å². The number of rotatable bonds is 4. The molecule has 2 N–H and O–H groups in total. The number of aromatic nitrogens is 1. The van der Waals surface area contributed by atoms with E-state index in [1.54, 1.807) is 0 Å². The zero-order chi connectivity index (χ0) is 13.9. The molecular formula is C15H25N3S. The summed E-state index contributed by atoms with van der Waals surface area (Å²) in [5.41, 5.74) is 7.94. The number of hydrogen-bond donors (Lipinski definition) is 1. The topological polar surface area (TPSA) is 42.2 Å². The van der Waals surface area contributed by atoms with Crippen molar-refractivity contribution in [2.75, 3.05) is 25.1 Å². The number of nitrogens with two attached hydrogens (primary N) is 1. The van der Waals surface area contributed by atoms with E-state index >= 15 is 0 Å². The fraction of sp³-hybridized carbons (Fsp3) is 0.667. The molecule has 0 aliphatic carbocycles. The van der Waals surface area contributed by atoms with Crippen LogP contribution in [-0.4, -0.2) is 40.5 Å². The fourth-order valence-corrected chi connectivity index (χ4v) is 4.55. The van der Waals surface area contributed by atoms with Crippen LogP contribution in [0.25, 0.3) is 0 Å². The van der Waals surface area contributed by atoms with Crippen molar-refractivity contribution in [2.45, 2.75) is 32.4 Å². The van der Waals surface area contributed by atoms with Gasteiger partial charge in [0.2, 0.25) is 0 Å². The minimum atomic E-state index is 0.121. The summed E-state index contributed by atoms with van der Waals surface area (Å²) in [6.45, 7) is 6.37. The molecular weight excluding hydrogens is 254 g/mol. The van der Waals surface area contributed by atoms with Gasteiger partial charge in [0, 0.05) is 36.8 Å². The summed E-state index contributed by atoms with van der Waals surface area (Å²) in [7, 11) is 2.20. The summed E-state index contributed by atoms with van der Waals surface area (Å²) in [5, 5.41) is 0. The first-order valence-electron chi connectivity index (χ1n) is 6.85. The molecule has 19 heavy (non-hydrogen) atoms. The molecule has 1 aliphatic rings. The van der Waals surface area contributed by atoms with Gasteiger partial charge in [-0.05, 0) is 42.3 Å². The zero-order valence-electron chi connectivity index (χ0n) is 12.2. The van der Waals surface area contributed by atoms with Gasteiger partial charge in [-0.25, -0.2) is 0 Å². The highest BCUT2D eigenvalue weighted by Crippen LogP contribution is 2.41. The third-order valence-corrected chi connectivity index (χ3v) is 5.76. The Balaban J connectivity index is 2.12. The predicted molar refractivity (Wildman–Crippen MR) is 83.2 cm³/mol. The van der Waals surface area contributed by atoms with Crippen molar-refractivity contribution >= 4 is 11.8 Å². The molecule has 4 heteroatoms. The summed E-state index contributed by atoms with van der Waals surface area (Å²) >= 11 is 2.04. The Bertz CT molecular complexity index is 407. The Morgan fingerprint density at radius 2 is 2.00 bits per heavy atom. The molecule has 3 nitrogen and oxygen atoms in total. The van der Waals surface area contributed by atoms with Crippen LogP contribution in [0.4, 0.5) is 0 Å². The molecule has 0 bridgehead atoms. The normalized spacial score (nSPS) is 26.6. The van der Waals surface area contributed by atoms with Gasteiger partial charge in [0.15, 0.2) is 0 Å². The zero-order valence-corrected chi connectivity index (χ0v) is 13.0. The van der Waals surface area contributed by atoms with E-state index in [1.165, 1.54) is 17.7 Å². The predicted octanol–water partition coefficient (Wildman–Crippen LogP) is 2.37. The van der Waals surface area contributed by atoms with Gasteiger partial charge in [0.05, 0.1) is 0 Å². The molecule has 0 amide bonds. The Labute approximate surface area is 121 Å². The average Bonchev–Trinajstić information content (AvgIpc) is 2.38. The van der Waals surface area contributed by atoms with Crippen LogP contribution in [0.2, 0.25) is 0 Å². The van der Waals surface area contributed by atoms with Crippen LogP contribution in [0.3, 0.4) is 0 Å². The molecule has 1 atom stereocenters. The summed E-state index contributed by atoms with van der Waals surface area (Å²) in [6.07, 6.45) is 4.89. The van der Waals surface area contributed by atoms with Crippen LogP contribution < -0.4 is 5.73 Å². The molecule has 0 saturated carbocycles. The number of thioether (sulfide) groups is 1. The largest absolute Gasteiger partial charge is 0.329 e. The van der Waals surface area contributed by atoms with Gasteiger partial charge < -0.3 is 5.73 Å². The lowest BCUT2D eigenvalue weighted by Crippen LogP contribution is -2.58. The highest BCUT2D eigenvalue weighted by molar-refractivity contribution is 7.99. The second kappa shape index (κ2) is 5.81. The minimum Gasteiger partial charge on any atom is -0.329 e. The third-order valence-electron chi connectivity index (χ3n) is 4.03. The van der Waals surface area contributed by atoms with E-state index in [2.05, 4.69) is 42.9 Å². The number of pyridine rings is 1. The van der Waals surface area contributed by atoms with Crippen molar-refractivity contribution in [3.8, 4) is 0 Å². The Morgan fingerprint density at radius 3 is 2.58 bits per heavy atom. The second-order valence-corrected chi connectivity index (χ2v) is 7.46. The molecule has 0 aromatic carbocycles. The molecule has 0 spiro atoms. The fourth-order valence-electron chi connectivity index (χ4n) is 2.97. The quantitative estimate of drug-likeness (QED) is 0.919. The van der Waals surface area contributed by atoms with Crippen LogP contribution in [-0.2, 0) is 6.54 Å². The van der Waals surface area contributed by atoms with Crippen LogP contribution in [0.1, 0.15) is 25.8 Å². The lowest BCUT2D eigenvalue weighted by Gasteiger charge is -2.49. The van der Waals surface area contributed by atoms with Gasteiger partial charge in [-0.3, -0.25) is 9.88 Å². The molecule has 2 heterocycles. The molecule has 2 rings (SSSR count). The molecule has 1 unspecified atom stereocenters. The molecule has 1 fully saturated rings. The van der Waals surface area contributed by atoms with Crippen LogP contribution >= 0.6 is 11.8 Å². The van der Waals surface area contributed by atoms with Gasteiger partial charge in [-0.15, -0.1) is 0 Å². The van der Waals surface area contributed by atoms with Gasteiger partial charge in [-0.2, -0.15) is 11.8 Å². The molecule has 1 saturated heterocycles. The van der Waals surface area contributed by atoms with Gasteiger partial charge in [0.25, 0.3) is 0 Å². The minimum absolute atomic E-state index is 0.121. The third kappa shape index (κ3) is 3.50. The van der Waals surface area contributed by atoms with Gasteiger partial charge in [0.1, 0.15) is 0 Å². The first-order chi connectivity index (χ1) is 8.97. The van der Waals surface area contributed by atoms with Gasteiger partial charge >= 0.3 is 0 Å². The first-order valence-corrected chi connectivity index (χ1v) is 8.01. The van der Waals surface area contributed by atoms with Crippen molar-refractivity contribution in [2.24, 2.45) is 11.1 Å². The van der Waals surface area contributed by atoms with Crippen LogP contribution in [0.15, 0.2) is 24.5 Å². The summed E-state index contributed by atoms with van der Waals surface area (Å²) < 4.78 is 0. The highest BCUT2D eigenvalue weighted by atomic mass is 32.2. The van der Waals surface area contributed by atoms with E-state index in [9.17, 15) is 0 Å². The molecule has 1 aromatic rings. The van der Waals surface area contributed by atoms with E-state index in [4.69, 9.17) is 5.73 Å². The number of likely N-dealkylation sites (N-methyl/N-ethyl adjacent to an activating group) is 1. The number of nitrogens with zero attached hydrogens (tertiary/aromatic N) is 2. The van der Waals surface area contributed by atoms with Crippen molar-refractivity contribution in [3.05, 3.63) is 30.1 Å². The summed E-state index contributed by atoms with van der Waals surface area (Å²) in [5.74, 6) is 2.37. The second-order valence-electron chi connectivity index (χ2n) is 6.47. The lowest BCUT2D eigenvalue weighted by atomic mass is 9.79. The smallest absolute Gasteiger partial charge is 0.0427 e. The Kier molecular flexibility index (Phi) is 4.54. The SMILES string of the molecule is CN(Cc1ccncc1)C1(CN)CSCC(C)(C)C1. The van der Waals surface area contributed by atoms with Crippen molar-refractivity contribution in [1.82, 2.24) is 9.88 Å². The lowest BCUT2D eigenvalue weighted by molar-refractivity contribution is 0.0870. The van der Waals surface area contributed by atoms with Crippen LogP contribution in [0.5, 0.6) is 0 Å². The Hall–Kier alpha value is -0.580. The monoisotopic (exact) mass is 279 g/mol. The van der Waals surface area contributed by atoms with Crippen molar-refractivity contribution < 1.29 is 0 Å². The standard InChI is InChI=1S/C15H25N3S/c1-14(2)9-15(10-16,12-19-11-14)18(3)8-13-4-6-17-7-5-13/h4-7H,8-12,16H2,1-3H3. The molecule has 1 aromatic heterocycles. The average molecular weight is 279 g/mol. The first kappa shape index (κ1) is 14.8. The van der Waals surface area contributed by atoms with Gasteiger partial charge in [-0.1, -0.05) is 13.8 Å². The summed E-state index contributed by atoms with van der Waals surface area (Å²) in [4.78, 5) is 6.52. The molecule has 0 radical (unpaired) electrons. The maximum Gasteiger partial charge on any atom is 0.0427 e. The van der Waals surface area contributed by atoms with Crippen molar-refractivity contribution in [3.63, 3.8) is 0 Å². The molecule has 106 valence electrons. The van der Waals surface area contributed by atoms with E-state index in [-0.39, 0.29) is 5.54 Å². The summed E-state index contributed by atoms with van der Waals surface area (Å²) in [6, 6.07) is 4.17. The van der Waals surface area contributed by atoms with Crippen LogP contribution in [0, 0.1) is 5.41 Å². The van der Waals surface area contributed by atoms with E-state index < -0.39 is 0 Å². The van der Waals surface area contributed by atoms with E-state index in [0.717, 1.165) is 18.8 Å². The highest BCUT2D eigenvalue weighted by Gasteiger charge is 2.42. The maximum atomic E-state index is 6.15. The Morgan fingerprint density at radius 1 is 1.32 bits per heavy atom.